The van der Waals surface area contributed by atoms with Gasteiger partial charge in [-0.05, 0) is 13.2 Å². The number of aromatic nitrogens is 2. The van der Waals surface area contributed by atoms with Gasteiger partial charge in [-0.2, -0.15) is 21.7 Å². The van der Waals surface area contributed by atoms with E-state index in [1.54, 1.807) is 17.8 Å². The molecule has 1 atom stereocenters. The maximum Gasteiger partial charge on any atom is 0.223 e. The van der Waals surface area contributed by atoms with Gasteiger partial charge in [0.1, 0.15) is 11.6 Å². The van der Waals surface area contributed by atoms with E-state index >= 15 is 0 Å². The molecule has 0 aromatic carbocycles. The van der Waals surface area contributed by atoms with Gasteiger partial charge in [-0.15, -0.1) is 0 Å². The van der Waals surface area contributed by atoms with Crippen molar-refractivity contribution in [2.24, 2.45) is 0 Å². The largest absolute Gasteiger partial charge is 0.383 e. The van der Waals surface area contributed by atoms with Crippen LogP contribution in [0.25, 0.3) is 0 Å². The molecule has 1 heterocycles. The lowest BCUT2D eigenvalue weighted by Crippen LogP contribution is -2.31. The van der Waals surface area contributed by atoms with Crippen LogP contribution < -0.4 is 16.4 Å². The molecule has 0 saturated heterocycles. The second kappa shape index (κ2) is 5.06. The highest BCUT2D eigenvalue weighted by Gasteiger charge is 2.11. The number of anilines is 3. The molecule has 1 unspecified atom stereocenters. The summed E-state index contributed by atoms with van der Waals surface area (Å²) in [6.07, 6.45) is 2.08. The number of rotatable bonds is 4. The SMILES string of the molecule is CSCC(C)N(C)c1cc(N)nc(N)n1. The zero-order chi connectivity index (χ0) is 11.4. The molecule has 5 nitrogen and oxygen atoms in total. The number of nitrogens with zero attached hydrogens (tertiary/aromatic N) is 3. The third kappa shape index (κ3) is 3.16. The van der Waals surface area contributed by atoms with Crippen molar-refractivity contribution < 1.29 is 0 Å². The lowest BCUT2D eigenvalue weighted by Gasteiger charge is -2.25. The second-order valence-corrected chi connectivity index (χ2v) is 4.34. The number of nitrogen functional groups attached to an aromatic ring is 2. The summed E-state index contributed by atoms with van der Waals surface area (Å²) in [6.45, 7) is 2.13. The minimum Gasteiger partial charge on any atom is -0.383 e. The van der Waals surface area contributed by atoms with Gasteiger partial charge in [0.15, 0.2) is 0 Å². The number of hydrogen-bond donors (Lipinski definition) is 2. The maximum absolute atomic E-state index is 5.61. The Labute approximate surface area is 94.3 Å². The molecule has 4 N–H and O–H groups in total. The fourth-order valence-corrected chi connectivity index (χ4v) is 1.94. The van der Waals surface area contributed by atoms with Crippen LogP contribution in [0, 0.1) is 0 Å². The van der Waals surface area contributed by atoms with Crippen molar-refractivity contribution in [1.82, 2.24) is 9.97 Å². The molecule has 0 amide bonds. The first kappa shape index (κ1) is 11.9. The predicted octanol–water partition coefficient (Wildman–Crippen LogP) is 0.829. The smallest absolute Gasteiger partial charge is 0.223 e. The molecule has 0 aliphatic heterocycles. The molecule has 6 heteroatoms. The molecule has 0 aliphatic rings. The number of thioether (sulfide) groups is 1. The van der Waals surface area contributed by atoms with E-state index in [1.165, 1.54) is 0 Å². The van der Waals surface area contributed by atoms with E-state index in [-0.39, 0.29) is 5.95 Å². The summed E-state index contributed by atoms with van der Waals surface area (Å²) >= 11 is 1.79. The van der Waals surface area contributed by atoms with Crippen molar-refractivity contribution >= 4 is 29.3 Å². The first-order chi connectivity index (χ1) is 7.04. The summed E-state index contributed by atoms with van der Waals surface area (Å²) in [5.41, 5.74) is 11.1. The molecule has 1 rings (SSSR count). The summed E-state index contributed by atoms with van der Waals surface area (Å²) in [6, 6.07) is 2.11. The lowest BCUT2D eigenvalue weighted by atomic mass is 10.3. The van der Waals surface area contributed by atoms with Crippen LogP contribution in [0.1, 0.15) is 6.92 Å². The molecule has 0 spiro atoms. The van der Waals surface area contributed by atoms with Crippen molar-refractivity contribution in [2.45, 2.75) is 13.0 Å². The van der Waals surface area contributed by atoms with Crippen LogP contribution >= 0.6 is 11.8 Å². The fraction of sp³-hybridized carbons (Fsp3) is 0.556. The van der Waals surface area contributed by atoms with Gasteiger partial charge in [0.05, 0.1) is 0 Å². The van der Waals surface area contributed by atoms with Gasteiger partial charge in [0.2, 0.25) is 5.95 Å². The normalized spacial score (nSPS) is 12.5. The van der Waals surface area contributed by atoms with Crippen LogP contribution in [-0.4, -0.2) is 35.1 Å². The summed E-state index contributed by atoms with van der Waals surface area (Å²) in [5, 5.41) is 0. The van der Waals surface area contributed by atoms with Crippen LogP contribution in [0.4, 0.5) is 17.6 Å². The molecule has 84 valence electrons. The minimum absolute atomic E-state index is 0.216. The van der Waals surface area contributed by atoms with E-state index < -0.39 is 0 Å². The van der Waals surface area contributed by atoms with Crippen molar-refractivity contribution in [3.05, 3.63) is 6.07 Å². The van der Waals surface area contributed by atoms with Crippen LogP contribution in [0.15, 0.2) is 6.07 Å². The Bertz CT molecular complexity index is 310. The Morgan fingerprint density at radius 1 is 1.47 bits per heavy atom. The van der Waals surface area contributed by atoms with Crippen molar-refractivity contribution in [3.63, 3.8) is 0 Å². The molecule has 0 bridgehead atoms. The Balaban J connectivity index is 2.85. The standard InChI is InChI=1S/C9H17N5S/c1-6(5-15-3)14(2)8-4-7(10)12-9(11)13-8/h4,6H,5H2,1-3H3,(H4,10,11,12,13). The number of hydrogen-bond acceptors (Lipinski definition) is 6. The van der Waals surface area contributed by atoms with Crippen molar-refractivity contribution in [3.8, 4) is 0 Å². The van der Waals surface area contributed by atoms with Crippen molar-refractivity contribution in [1.29, 1.82) is 0 Å². The van der Waals surface area contributed by atoms with Gasteiger partial charge in [0, 0.05) is 24.9 Å². The minimum atomic E-state index is 0.216. The van der Waals surface area contributed by atoms with Crippen LogP contribution in [0.2, 0.25) is 0 Å². The Kier molecular flexibility index (Phi) is 4.02. The molecule has 1 aromatic heterocycles. The molecular formula is C9H17N5S. The molecule has 1 aromatic rings. The van der Waals surface area contributed by atoms with Gasteiger partial charge in [-0.3, -0.25) is 0 Å². The van der Waals surface area contributed by atoms with E-state index in [0.29, 0.717) is 11.9 Å². The summed E-state index contributed by atoms with van der Waals surface area (Å²) in [5.74, 6) is 2.41. The molecular weight excluding hydrogens is 210 g/mol. The van der Waals surface area contributed by atoms with Crippen LogP contribution in [-0.2, 0) is 0 Å². The quantitative estimate of drug-likeness (QED) is 0.793. The number of nitrogens with two attached hydrogens (primary N) is 2. The third-order valence-corrected chi connectivity index (χ3v) is 3.00. The first-order valence-corrected chi connectivity index (χ1v) is 6.05. The highest BCUT2D eigenvalue weighted by molar-refractivity contribution is 7.98. The van der Waals surface area contributed by atoms with Gasteiger partial charge in [0.25, 0.3) is 0 Å². The van der Waals surface area contributed by atoms with Crippen LogP contribution in [0.3, 0.4) is 0 Å². The monoisotopic (exact) mass is 227 g/mol. The summed E-state index contributed by atoms with van der Waals surface area (Å²) < 4.78 is 0. The predicted molar refractivity (Wildman–Crippen MR) is 67.1 cm³/mol. The Morgan fingerprint density at radius 3 is 2.67 bits per heavy atom. The maximum atomic E-state index is 5.61. The fourth-order valence-electron chi connectivity index (χ4n) is 1.23. The zero-order valence-corrected chi connectivity index (χ0v) is 10.1. The molecule has 0 aliphatic carbocycles. The summed E-state index contributed by atoms with van der Waals surface area (Å²) in [7, 11) is 1.97. The zero-order valence-electron chi connectivity index (χ0n) is 9.27. The molecule has 15 heavy (non-hydrogen) atoms. The van der Waals surface area contributed by atoms with Crippen molar-refractivity contribution in [2.75, 3.05) is 35.4 Å². The van der Waals surface area contributed by atoms with Gasteiger partial charge < -0.3 is 16.4 Å². The molecule has 0 saturated carbocycles. The molecule has 0 fully saturated rings. The second-order valence-electron chi connectivity index (χ2n) is 3.42. The Hall–Kier alpha value is -1.17. The van der Waals surface area contributed by atoms with E-state index in [2.05, 4.69) is 23.1 Å². The van der Waals surface area contributed by atoms with E-state index in [9.17, 15) is 0 Å². The topological polar surface area (TPSA) is 81.1 Å². The van der Waals surface area contributed by atoms with Gasteiger partial charge in [-0.1, -0.05) is 0 Å². The lowest BCUT2D eigenvalue weighted by molar-refractivity contribution is 0.753. The molecule has 0 radical (unpaired) electrons. The van der Waals surface area contributed by atoms with Crippen LogP contribution in [0.5, 0.6) is 0 Å². The van der Waals surface area contributed by atoms with Gasteiger partial charge in [-0.25, -0.2) is 0 Å². The van der Waals surface area contributed by atoms with Gasteiger partial charge >= 0.3 is 0 Å². The van der Waals surface area contributed by atoms with E-state index in [1.807, 2.05) is 11.9 Å². The third-order valence-electron chi connectivity index (χ3n) is 2.18. The van der Waals surface area contributed by atoms with E-state index in [4.69, 9.17) is 11.5 Å². The highest BCUT2D eigenvalue weighted by Crippen LogP contribution is 2.17. The first-order valence-electron chi connectivity index (χ1n) is 4.66. The average molecular weight is 227 g/mol. The summed E-state index contributed by atoms with van der Waals surface area (Å²) in [4.78, 5) is 10.0. The Morgan fingerprint density at radius 2 is 2.13 bits per heavy atom. The van der Waals surface area contributed by atoms with E-state index in [0.717, 1.165) is 11.6 Å². The highest BCUT2D eigenvalue weighted by atomic mass is 32.2. The average Bonchev–Trinajstić information content (AvgIpc) is 2.15.